The fourth-order valence-electron chi connectivity index (χ4n) is 7.12. The van der Waals surface area contributed by atoms with Crippen LogP contribution in [0.2, 0.25) is 0 Å². The van der Waals surface area contributed by atoms with Crippen LogP contribution in [0, 0.1) is 28.6 Å². The van der Waals surface area contributed by atoms with Gasteiger partial charge in [-0.15, -0.1) is 0 Å². The van der Waals surface area contributed by atoms with Crippen molar-refractivity contribution in [2.45, 2.75) is 70.5 Å². The SMILES string of the molecule is C[C@]12CCC(=O)C=C1CC[C@H]1[C@H]2C(=O)C[C@@]2(C)[C@@H]1CC[C@@]2(O)[C@H](O)CO. The second kappa shape index (κ2) is 5.73. The average Bonchev–Trinajstić information content (AvgIpc) is 2.86. The van der Waals surface area contributed by atoms with Crippen LogP contribution < -0.4 is 0 Å². The second-order valence-electron chi connectivity index (χ2n) is 9.56. The Kier molecular flexibility index (Phi) is 4.04. The molecule has 0 aliphatic heterocycles. The molecule has 4 aliphatic rings. The number of hydrogen-bond donors (Lipinski definition) is 3. The maximum Gasteiger partial charge on any atom is 0.155 e. The number of allylic oxidation sites excluding steroid dienone is 1. The molecule has 5 heteroatoms. The van der Waals surface area contributed by atoms with E-state index in [1.54, 1.807) is 6.08 Å². The van der Waals surface area contributed by atoms with Gasteiger partial charge in [-0.1, -0.05) is 19.4 Å². The Bertz CT molecular complexity index is 684. The summed E-state index contributed by atoms with van der Waals surface area (Å²) in [4.78, 5) is 25.2. The van der Waals surface area contributed by atoms with Gasteiger partial charge in [-0.3, -0.25) is 9.59 Å². The quantitative estimate of drug-likeness (QED) is 0.696. The van der Waals surface area contributed by atoms with Crippen molar-refractivity contribution >= 4 is 11.6 Å². The minimum Gasteiger partial charge on any atom is -0.394 e. The molecular formula is C21H30O5. The van der Waals surface area contributed by atoms with Gasteiger partial charge in [-0.2, -0.15) is 0 Å². The first kappa shape index (κ1) is 18.3. The normalized spacial score (nSPS) is 49.1. The molecule has 3 N–H and O–H groups in total. The first-order chi connectivity index (χ1) is 12.2. The largest absolute Gasteiger partial charge is 0.394 e. The number of fused-ring (bicyclic) bond motifs is 5. The van der Waals surface area contributed by atoms with Gasteiger partial charge in [0.2, 0.25) is 0 Å². The van der Waals surface area contributed by atoms with Crippen LogP contribution in [0.5, 0.6) is 0 Å². The zero-order valence-electron chi connectivity index (χ0n) is 15.7. The van der Waals surface area contributed by atoms with E-state index in [-0.39, 0.29) is 41.2 Å². The van der Waals surface area contributed by atoms with E-state index in [1.807, 2.05) is 6.92 Å². The molecule has 5 nitrogen and oxygen atoms in total. The molecule has 4 rings (SSSR count). The smallest absolute Gasteiger partial charge is 0.155 e. The van der Waals surface area contributed by atoms with Crippen molar-refractivity contribution in [1.82, 2.24) is 0 Å². The van der Waals surface area contributed by atoms with E-state index >= 15 is 0 Å². The fourth-order valence-corrected chi connectivity index (χ4v) is 7.12. The highest BCUT2D eigenvalue weighted by atomic mass is 16.4. The Labute approximate surface area is 154 Å². The molecular weight excluding hydrogens is 332 g/mol. The van der Waals surface area contributed by atoms with Crippen LogP contribution in [0.15, 0.2) is 11.6 Å². The average molecular weight is 362 g/mol. The van der Waals surface area contributed by atoms with Crippen molar-refractivity contribution in [1.29, 1.82) is 0 Å². The molecule has 0 aromatic heterocycles. The molecule has 3 saturated carbocycles. The summed E-state index contributed by atoms with van der Waals surface area (Å²) in [5, 5.41) is 31.0. The van der Waals surface area contributed by atoms with Crippen LogP contribution in [0.4, 0.5) is 0 Å². The van der Waals surface area contributed by atoms with Crippen LogP contribution >= 0.6 is 0 Å². The molecule has 144 valence electrons. The van der Waals surface area contributed by atoms with E-state index in [0.717, 1.165) is 31.3 Å². The monoisotopic (exact) mass is 362 g/mol. The molecule has 0 spiro atoms. The highest BCUT2D eigenvalue weighted by Gasteiger charge is 2.68. The summed E-state index contributed by atoms with van der Waals surface area (Å²) in [6.07, 6.45) is 4.93. The van der Waals surface area contributed by atoms with Crippen molar-refractivity contribution < 1.29 is 24.9 Å². The van der Waals surface area contributed by atoms with Gasteiger partial charge < -0.3 is 15.3 Å². The number of carbonyl (C=O) groups excluding carboxylic acids is 2. The first-order valence-corrected chi connectivity index (χ1v) is 9.95. The minimum absolute atomic E-state index is 0.0951. The molecule has 26 heavy (non-hydrogen) atoms. The standard InChI is InChI=1S/C21H30O5/c1-19-7-5-13(23)9-12(19)3-4-14-15-6-8-21(26,17(25)11-22)20(15,2)10-16(24)18(14)19/h9,14-15,17-18,22,25-26H,3-8,10-11H2,1-2H3/t14-,15-,17-,18+,19+,20+,21-/m1/s1. The summed E-state index contributed by atoms with van der Waals surface area (Å²) in [7, 11) is 0. The zero-order valence-corrected chi connectivity index (χ0v) is 15.7. The summed E-state index contributed by atoms with van der Waals surface area (Å²) in [6.45, 7) is 3.58. The molecule has 0 bridgehead atoms. The lowest BCUT2D eigenvalue weighted by Crippen LogP contribution is -2.62. The lowest BCUT2D eigenvalue weighted by Gasteiger charge is -2.58. The summed E-state index contributed by atoms with van der Waals surface area (Å²) in [5.74, 6) is 0.568. The van der Waals surface area contributed by atoms with Crippen LogP contribution in [0.1, 0.15) is 58.8 Å². The summed E-state index contributed by atoms with van der Waals surface area (Å²) < 4.78 is 0. The highest BCUT2D eigenvalue weighted by Crippen LogP contribution is 2.66. The molecule has 3 fully saturated rings. The summed E-state index contributed by atoms with van der Waals surface area (Å²) in [5.41, 5.74) is -1.22. The maximum absolute atomic E-state index is 13.3. The minimum atomic E-state index is -1.41. The lowest BCUT2D eigenvalue weighted by atomic mass is 9.45. The van der Waals surface area contributed by atoms with E-state index in [0.29, 0.717) is 12.8 Å². The van der Waals surface area contributed by atoms with Gasteiger partial charge in [0.05, 0.1) is 12.2 Å². The maximum atomic E-state index is 13.3. The Morgan fingerprint density at radius 2 is 1.92 bits per heavy atom. The third-order valence-electron chi connectivity index (χ3n) is 8.59. The predicted octanol–water partition coefficient (Wildman–Crippen LogP) is 1.78. The van der Waals surface area contributed by atoms with Gasteiger partial charge >= 0.3 is 0 Å². The third-order valence-corrected chi connectivity index (χ3v) is 8.59. The lowest BCUT2D eigenvalue weighted by molar-refractivity contribution is -0.187. The van der Waals surface area contributed by atoms with Crippen molar-refractivity contribution in [2.24, 2.45) is 28.6 Å². The third kappa shape index (κ3) is 2.14. The number of hydrogen-bond acceptors (Lipinski definition) is 5. The highest BCUT2D eigenvalue weighted by molar-refractivity contribution is 5.93. The van der Waals surface area contributed by atoms with Gasteiger partial charge in [0.15, 0.2) is 5.78 Å². The van der Waals surface area contributed by atoms with Crippen molar-refractivity contribution in [3.05, 3.63) is 11.6 Å². The topological polar surface area (TPSA) is 94.8 Å². The van der Waals surface area contributed by atoms with E-state index in [9.17, 15) is 24.9 Å². The second-order valence-corrected chi connectivity index (χ2v) is 9.56. The molecule has 0 radical (unpaired) electrons. The summed E-state index contributed by atoms with van der Waals surface area (Å²) >= 11 is 0. The Hall–Kier alpha value is -1.04. The van der Waals surface area contributed by atoms with Gasteiger partial charge in [0.1, 0.15) is 11.9 Å². The van der Waals surface area contributed by atoms with E-state index < -0.39 is 23.7 Å². The molecule has 0 heterocycles. The van der Waals surface area contributed by atoms with Crippen molar-refractivity contribution in [3.8, 4) is 0 Å². The van der Waals surface area contributed by atoms with Crippen molar-refractivity contribution in [2.75, 3.05) is 6.61 Å². The molecule has 0 aromatic rings. The molecule has 0 unspecified atom stereocenters. The van der Waals surface area contributed by atoms with Gasteiger partial charge in [-0.05, 0) is 55.4 Å². The Morgan fingerprint density at radius 3 is 2.62 bits per heavy atom. The Balaban J connectivity index is 1.74. The number of Topliss-reactive ketones (excluding diaryl/α,β-unsaturated/α-hetero) is 1. The number of aliphatic hydroxyl groups is 3. The van der Waals surface area contributed by atoms with Crippen molar-refractivity contribution in [3.63, 3.8) is 0 Å². The van der Waals surface area contributed by atoms with Crippen LogP contribution in [-0.4, -0.2) is 45.2 Å². The molecule has 0 saturated heterocycles. The van der Waals surface area contributed by atoms with E-state index in [1.165, 1.54) is 0 Å². The van der Waals surface area contributed by atoms with Gasteiger partial charge in [0.25, 0.3) is 0 Å². The van der Waals surface area contributed by atoms with Crippen LogP contribution in [0.25, 0.3) is 0 Å². The first-order valence-electron chi connectivity index (χ1n) is 9.95. The zero-order chi connectivity index (χ0) is 18.9. The van der Waals surface area contributed by atoms with Crippen LogP contribution in [0.3, 0.4) is 0 Å². The molecule has 0 amide bonds. The predicted molar refractivity (Wildman–Crippen MR) is 95.1 cm³/mol. The van der Waals surface area contributed by atoms with Crippen LogP contribution in [-0.2, 0) is 9.59 Å². The fraction of sp³-hybridized carbons (Fsp3) is 0.810. The molecule has 7 atom stereocenters. The molecule has 4 aliphatic carbocycles. The summed E-state index contributed by atoms with van der Waals surface area (Å²) in [6, 6.07) is 0. The van der Waals surface area contributed by atoms with Gasteiger partial charge in [-0.25, -0.2) is 0 Å². The van der Waals surface area contributed by atoms with E-state index in [2.05, 4.69) is 6.92 Å². The number of carbonyl (C=O) groups is 2. The number of ketones is 2. The number of aliphatic hydroxyl groups excluding tert-OH is 2. The van der Waals surface area contributed by atoms with E-state index in [4.69, 9.17) is 0 Å². The molecule has 0 aromatic carbocycles. The van der Waals surface area contributed by atoms with Gasteiger partial charge in [0, 0.05) is 24.2 Å². The number of rotatable bonds is 2. The Morgan fingerprint density at radius 1 is 1.19 bits per heavy atom.